The number of sulfonamides is 1. The Balaban J connectivity index is 2.28. The van der Waals surface area contributed by atoms with Crippen LogP contribution in [0.2, 0.25) is 10.0 Å². The first-order valence-electron chi connectivity index (χ1n) is 7.91. The molecule has 8 nitrogen and oxygen atoms in total. The molecule has 0 fully saturated rings. The highest BCUT2D eigenvalue weighted by molar-refractivity contribution is 7.89. The minimum Gasteiger partial charge on any atom is -0.502 e. The van der Waals surface area contributed by atoms with Crippen LogP contribution >= 0.6 is 35.4 Å². The van der Waals surface area contributed by atoms with E-state index in [4.69, 9.17) is 35.4 Å². The van der Waals surface area contributed by atoms with Gasteiger partial charge in [-0.3, -0.25) is 4.68 Å². The normalized spacial score (nSPS) is 11.6. The minimum atomic E-state index is -3.91. The lowest BCUT2D eigenvalue weighted by Crippen LogP contribution is -2.32. The van der Waals surface area contributed by atoms with Gasteiger partial charge < -0.3 is 15.7 Å². The molecule has 0 unspecified atom stereocenters. The van der Waals surface area contributed by atoms with E-state index in [1.165, 1.54) is 11.4 Å². The molecule has 27 heavy (non-hydrogen) atoms. The molecule has 1 aromatic carbocycles. The van der Waals surface area contributed by atoms with Crippen LogP contribution in [0, 0.1) is 0 Å². The van der Waals surface area contributed by atoms with Crippen molar-refractivity contribution < 1.29 is 13.5 Å². The number of rotatable bonds is 6. The highest BCUT2D eigenvalue weighted by Crippen LogP contribution is 2.33. The van der Waals surface area contributed by atoms with Crippen molar-refractivity contribution in [3.05, 3.63) is 28.2 Å². The molecule has 0 aliphatic rings. The number of aromatic nitrogens is 2. The van der Waals surface area contributed by atoms with Crippen LogP contribution in [0.15, 0.2) is 23.2 Å². The van der Waals surface area contributed by atoms with Gasteiger partial charge in [0.1, 0.15) is 0 Å². The molecule has 0 saturated carbocycles. The highest BCUT2D eigenvalue weighted by Gasteiger charge is 2.31. The van der Waals surface area contributed by atoms with Gasteiger partial charge in [-0.2, -0.15) is 4.31 Å². The van der Waals surface area contributed by atoms with Crippen LogP contribution in [0.25, 0.3) is 0 Å². The summed E-state index contributed by atoms with van der Waals surface area (Å²) in [6.07, 6.45) is 0. The van der Waals surface area contributed by atoms with Crippen LogP contribution in [-0.4, -0.2) is 45.8 Å². The van der Waals surface area contributed by atoms with Gasteiger partial charge in [0.05, 0.1) is 15.7 Å². The molecule has 3 N–H and O–H groups in total. The summed E-state index contributed by atoms with van der Waals surface area (Å²) in [5.74, 6) is -0.621. The summed E-state index contributed by atoms with van der Waals surface area (Å²) < 4.78 is 27.7. The standard InChI is InChI=1S/C15H19Cl2N5O3S2/c1-4-22(5-2)27(24,25)14-12(23)13(20-21(14)3)19-15(26)18-10-8-6-7-9(16)11(10)17/h6-8,23H,4-5H2,1-3H3,(H2,18,19,20,26). The molecule has 0 saturated heterocycles. The fourth-order valence-electron chi connectivity index (χ4n) is 2.42. The molecule has 0 aliphatic heterocycles. The maximum atomic E-state index is 12.7. The number of hydrogen-bond donors (Lipinski definition) is 3. The third-order valence-electron chi connectivity index (χ3n) is 3.69. The molecule has 2 rings (SSSR count). The van der Waals surface area contributed by atoms with Crippen LogP contribution in [0.1, 0.15) is 13.8 Å². The third kappa shape index (κ3) is 4.46. The zero-order valence-electron chi connectivity index (χ0n) is 14.8. The predicted octanol–water partition coefficient (Wildman–Crippen LogP) is 3.27. The van der Waals surface area contributed by atoms with Gasteiger partial charge in [-0.15, -0.1) is 5.10 Å². The van der Waals surface area contributed by atoms with Gasteiger partial charge in [0, 0.05) is 20.1 Å². The molecule has 1 aromatic heterocycles. The lowest BCUT2D eigenvalue weighted by molar-refractivity contribution is 0.419. The predicted molar refractivity (Wildman–Crippen MR) is 111 cm³/mol. The Morgan fingerprint density at radius 1 is 1.30 bits per heavy atom. The Bertz CT molecular complexity index is 959. The van der Waals surface area contributed by atoms with E-state index < -0.39 is 15.8 Å². The second-order valence-corrected chi connectivity index (χ2v) is 8.44. The summed E-state index contributed by atoms with van der Waals surface area (Å²) in [6, 6.07) is 4.98. The first-order chi connectivity index (χ1) is 12.6. The van der Waals surface area contributed by atoms with E-state index >= 15 is 0 Å². The summed E-state index contributed by atoms with van der Waals surface area (Å²) in [5, 5.41) is 20.3. The molecule has 0 bridgehead atoms. The molecule has 1 heterocycles. The maximum Gasteiger partial charge on any atom is 0.264 e. The zero-order valence-corrected chi connectivity index (χ0v) is 18.0. The number of thiocarbonyl (C=S) groups is 1. The molecule has 12 heteroatoms. The third-order valence-corrected chi connectivity index (χ3v) is 6.86. The number of benzene rings is 1. The summed E-state index contributed by atoms with van der Waals surface area (Å²) in [4.78, 5) is 0. The molecule has 0 aliphatic carbocycles. The summed E-state index contributed by atoms with van der Waals surface area (Å²) in [5.41, 5.74) is 0.452. The van der Waals surface area contributed by atoms with Crippen molar-refractivity contribution in [2.24, 2.45) is 7.05 Å². The molecular formula is C15H19Cl2N5O3S2. The largest absolute Gasteiger partial charge is 0.502 e. The number of anilines is 2. The molecular weight excluding hydrogens is 433 g/mol. The molecule has 0 radical (unpaired) electrons. The fraction of sp³-hybridized carbons (Fsp3) is 0.333. The van der Waals surface area contributed by atoms with Gasteiger partial charge in [0.2, 0.25) is 5.03 Å². The summed E-state index contributed by atoms with van der Waals surface area (Å²) in [6.45, 7) is 3.95. The number of nitrogens with zero attached hydrogens (tertiary/aromatic N) is 3. The maximum absolute atomic E-state index is 12.7. The average molecular weight is 452 g/mol. The highest BCUT2D eigenvalue weighted by atomic mass is 35.5. The minimum absolute atomic E-state index is 0.0550. The monoisotopic (exact) mass is 451 g/mol. The van der Waals surface area contributed by atoms with Gasteiger partial charge in [0.15, 0.2) is 16.7 Å². The number of aryl methyl sites for hydroxylation is 1. The van der Waals surface area contributed by atoms with Crippen molar-refractivity contribution in [2.45, 2.75) is 18.9 Å². The van der Waals surface area contributed by atoms with E-state index in [1.54, 1.807) is 32.0 Å². The van der Waals surface area contributed by atoms with Gasteiger partial charge in [-0.05, 0) is 24.4 Å². The van der Waals surface area contributed by atoms with Gasteiger partial charge >= 0.3 is 0 Å². The van der Waals surface area contributed by atoms with Crippen LogP contribution in [0.3, 0.4) is 0 Å². The van der Waals surface area contributed by atoms with E-state index in [-0.39, 0.29) is 34.1 Å². The quantitative estimate of drug-likeness (QED) is 0.579. The van der Waals surface area contributed by atoms with Crippen LogP contribution in [0.5, 0.6) is 5.75 Å². The van der Waals surface area contributed by atoms with E-state index in [2.05, 4.69) is 15.7 Å². The second kappa shape index (κ2) is 8.61. The number of aromatic hydroxyl groups is 1. The molecule has 0 amide bonds. The Morgan fingerprint density at radius 3 is 2.52 bits per heavy atom. The van der Waals surface area contributed by atoms with Crippen molar-refractivity contribution in [1.29, 1.82) is 0 Å². The first kappa shape index (κ1) is 21.7. The topological polar surface area (TPSA) is 99.5 Å². The van der Waals surface area contributed by atoms with E-state index in [0.717, 1.165) is 4.68 Å². The average Bonchev–Trinajstić information content (AvgIpc) is 2.86. The molecule has 148 valence electrons. The molecule has 2 aromatic rings. The SMILES string of the molecule is CCN(CC)S(=O)(=O)c1c(O)c(NC(=S)Nc2cccc(Cl)c2Cl)nn1C. The van der Waals surface area contributed by atoms with Crippen molar-refractivity contribution >= 4 is 62.1 Å². The van der Waals surface area contributed by atoms with Gasteiger partial charge in [-0.25, -0.2) is 8.42 Å². The Kier molecular flexibility index (Phi) is 6.92. The molecule has 0 atom stereocenters. The molecule has 0 spiro atoms. The number of nitrogens with one attached hydrogen (secondary N) is 2. The van der Waals surface area contributed by atoms with Crippen LogP contribution < -0.4 is 10.6 Å². The second-order valence-electron chi connectivity index (χ2n) is 5.40. The van der Waals surface area contributed by atoms with Crippen molar-refractivity contribution in [1.82, 2.24) is 14.1 Å². The Hall–Kier alpha value is -1.59. The first-order valence-corrected chi connectivity index (χ1v) is 10.5. The van der Waals surface area contributed by atoms with E-state index in [0.29, 0.717) is 10.7 Å². The van der Waals surface area contributed by atoms with Crippen molar-refractivity contribution in [2.75, 3.05) is 23.7 Å². The van der Waals surface area contributed by atoms with Crippen molar-refractivity contribution in [3.63, 3.8) is 0 Å². The lowest BCUT2D eigenvalue weighted by atomic mass is 10.3. The van der Waals surface area contributed by atoms with E-state index in [9.17, 15) is 13.5 Å². The number of hydrogen-bond acceptors (Lipinski definition) is 5. The van der Waals surface area contributed by atoms with Crippen LogP contribution in [0.4, 0.5) is 11.5 Å². The number of halogens is 2. The smallest absolute Gasteiger partial charge is 0.264 e. The Morgan fingerprint density at radius 2 is 1.93 bits per heavy atom. The summed E-state index contributed by atoms with van der Waals surface area (Å²) in [7, 11) is -2.48. The van der Waals surface area contributed by atoms with Gasteiger partial charge in [0.25, 0.3) is 10.0 Å². The van der Waals surface area contributed by atoms with Crippen molar-refractivity contribution in [3.8, 4) is 5.75 Å². The lowest BCUT2D eigenvalue weighted by Gasteiger charge is -2.18. The Labute approximate surface area is 173 Å². The van der Waals surface area contributed by atoms with Crippen LogP contribution in [-0.2, 0) is 17.1 Å². The van der Waals surface area contributed by atoms with Gasteiger partial charge in [-0.1, -0.05) is 43.1 Å². The zero-order chi connectivity index (χ0) is 20.4. The summed E-state index contributed by atoms with van der Waals surface area (Å²) >= 11 is 17.2. The van der Waals surface area contributed by atoms with E-state index in [1.807, 2.05) is 0 Å². The fourth-order valence-corrected chi connectivity index (χ4v) is 4.61.